The molecule has 0 radical (unpaired) electrons. The van der Waals surface area contributed by atoms with Crippen LogP contribution in [0.3, 0.4) is 0 Å². The maximum absolute atomic E-state index is 13.2. The van der Waals surface area contributed by atoms with Gasteiger partial charge in [-0.05, 0) is 36.4 Å². The summed E-state index contributed by atoms with van der Waals surface area (Å²) in [5.74, 6) is -1.13. The van der Waals surface area contributed by atoms with Crippen LogP contribution in [0.1, 0.15) is 5.69 Å². The Morgan fingerprint density at radius 1 is 1.07 bits per heavy atom. The third-order valence-electron chi connectivity index (χ3n) is 4.30. The number of carbonyl (C=O) groups excluding carboxylic acids is 1. The molecule has 1 saturated heterocycles. The van der Waals surface area contributed by atoms with E-state index in [1.54, 1.807) is 12.1 Å². The van der Waals surface area contributed by atoms with Crippen molar-refractivity contribution in [2.75, 3.05) is 16.8 Å². The van der Waals surface area contributed by atoms with Gasteiger partial charge in [0.2, 0.25) is 0 Å². The van der Waals surface area contributed by atoms with Crippen molar-refractivity contribution in [1.82, 2.24) is 15.0 Å². The Bertz CT molecular complexity index is 1040. The number of anilines is 2. The largest absolute Gasteiger partial charge is 0.433 e. The van der Waals surface area contributed by atoms with Crippen molar-refractivity contribution in [2.45, 2.75) is 12.2 Å². The van der Waals surface area contributed by atoms with Gasteiger partial charge >= 0.3 is 6.18 Å². The van der Waals surface area contributed by atoms with Crippen LogP contribution in [0.25, 0.3) is 11.5 Å². The van der Waals surface area contributed by atoms with Gasteiger partial charge in [0.05, 0.1) is 6.54 Å². The molecular formula is C19H13F4N5O. The molecule has 2 aromatic heterocycles. The van der Waals surface area contributed by atoms with Gasteiger partial charge in [-0.2, -0.15) is 13.2 Å². The highest BCUT2D eigenvalue weighted by Gasteiger charge is 2.39. The van der Waals surface area contributed by atoms with Crippen molar-refractivity contribution in [1.29, 1.82) is 0 Å². The van der Waals surface area contributed by atoms with Gasteiger partial charge in [-0.15, -0.1) is 0 Å². The van der Waals surface area contributed by atoms with Crippen LogP contribution in [0.4, 0.5) is 29.1 Å². The second-order valence-electron chi connectivity index (χ2n) is 6.30. The van der Waals surface area contributed by atoms with Gasteiger partial charge in [0, 0.05) is 18.0 Å². The smallest absolute Gasteiger partial charge is 0.357 e. The van der Waals surface area contributed by atoms with Crippen LogP contribution in [0.2, 0.25) is 0 Å². The zero-order chi connectivity index (χ0) is 20.6. The second-order valence-corrected chi connectivity index (χ2v) is 6.30. The molecule has 1 fully saturated rings. The predicted molar refractivity (Wildman–Crippen MR) is 96.4 cm³/mol. The van der Waals surface area contributed by atoms with E-state index in [1.165, 1.54) is 41.4 Å². The summed E-state index contributed by atoms with van der Waals surface area (Å²) >= 11 is 0. The molecule has 1 aliphatic rings. The summed E-state index contributed by atoms with van der Waals surface area (Å²) in [6, 6.07) is 10.1. The fourth-order valence-electron chi connectivity index (χ4n) is 2.84. The van der Waals surface area contributed by atoms with E-state index in [1.807, 2.05) is 0 Å². The van der Waals surface area contributed by atoms with E-state index in [9.17, 15) is 22.4 Å². The van der Waals surface area contributed by atoms with Crippen molar-refractivity contribution in [3.8, 4) is 11.5 Å². The Morgan fingerprint density at radius 2 is 1.83 bits per heavy atom. The number of aromatic nitrogens is 3. The molecule has 1 atom stereocenters. The molecule has 1 aromatic carbocycles. The van der Waals surface area contributed by atoms with Gasteiger partial charge in [-0.3, -0.25) is 9.78 Å². The van der Waals surface area contributed by atoms with E-state index < -0.39 is 23.7 Å². The molecule has 0 bridgehead atoms. The van der Waals surface area contributed by atoms with E-state index in [4.69, 9.17) is 0 Å². The summed E-state index contributed by atoms with van der Waals surface area (Å²) in [7, 11) is 0. The first kappa shape index (κ1) is 18.8. The maximum atomic E-state index is 13.2. The lowest BCUT2D eigenvalue weighted by Gasteiger charge is -2.38. The predicted octanol–water partition coefficient (Wildman–Crippen LogP) is 3.52. The van der Waals surface area contributed by atoms with Gasteiger partial charge in [-0.1, -0.05) is 6.07 Å². The molecule has 29 heavy (non-hydrogen) atoms. The number of benzene rings is 1. The average molecular weight is 403 g/mol. The van der Waals surface area contributed by atoms with E-state index >= 15 is 0 Å². The van der Waals surface area contributed by atoms with Crippen LogP contribution in [0, 0.1) is 5.82 Å². The van der Waals surface area contributed by atoms with Gasteiger partial charge in [-0.25, -0.2) is 14.4 Å². The number of β-lactam (4-membered cyclic amide) rings is 1. The van der Waals surface area contributed by atoms with Crippen molar-refractivity contribution in [2.24, 2.45) is 0 Å². The molecule has 1 amide bonds. The number of amides is 1. The zero-order valence-corrected chi connectivity index (χ0v) is 14.7. The third-order valence-corrected chi connectivity index (χ3v) is 4.30. The van der Waals surface area contributed by atoms with Crippen LogP contribution in [-0.4, -0.2) is 33.4 Å². The Labute approximate surface area is 162 Å². The molecule has 3 heterocycles. The monoisotopic (exact) mass is 403 g/mol. The first-order valence-electron chi connectivity index (χ1n) is 8.52. The number of hydrogen-bond acceptors (Lipinski definition) is 5. The minimum absolute atomic E-state index is 0.134. The number of nitrogens with zero attached hydrogens (tertiary/aromatic N) is 4. The maximum Gasteiger partial charge on any atom is 0.433 e. The number of hydrogen-bond donors (Lipinski definition) is 1. The molecule has 3 aromatic rings. The fourth-order valence-corrected chi connectivity index (χ4v) is 2.84. The van der Waals surface area contributed by atoms with Crippen LogP contribution in [-0.2, 0) is 11.0 Å². The Kier molecular flexibility index (Phi) is 4.61. The quantitative estimate of drug-likeness (QED) is 0.533. The molecule has 1 N–H and O–H groups in total. The van der Waals surface area contributed by atoms with Gasteiger partial charge in [0.15, 0.2) is 11.5 Å². The molecule has 148 valence electrons. The SMILES string of the molecule is O=C1C(Nc2cc(C(F)(F)F)nc(-c3ccccn3)n2)CN1c1ccc(F)cc1. The number of rotatable bonds is 4. The van der Waals surface area contributed by atoms with Crippen LogP contribution in [0.5, 0.6) is 0 Å². The van der Waals surface area contributed by atoms with E-state index in [2.05, 4.69) is 20.3 Å². The molecule has 10 heteroatoms. The average Bonchev–Trinajstić information content (AvgIpc) is 2.71. The molecule has 0 aliphatic carbocycles. The Balaban J connectivity index is 1.57. The summed E-state index contributed by atoms with van der Waals surface area (Å²) < 4.78 is 52.8. The number of nitrogens with one attached hydrogen (secondary N) is 1. The highest BCUT2D eigenvalue weighted by atomic mass is 19.4. The molecule has 4 rings (SSSR count). The number of carbonyl (C=O) groups is 1. The van der Waals surface area contributed by atoms with E-state index in [0.717, 1.165) is 6.07 Å². The van der Waals surface area contributed by atoms with Crippen LogP contribution >= 0.6 is 0 Å². The van der Waals surface area contributed by atoms with Crippen LogP contribution in [0.15, 0.2) is 54.7 Å². The lowest BCUT2D eigenvalue weighted by Crippen LogP contribution is -2.60. The molecule has 1 aliphatic heterocycles. The van der Waals surface area contributed by atoms with Crippen molar-refractivity contribution in [3.05, 3.63) is 66.2 Å². The first-order valence-corrected chi connectivity index (χ1v) is 8.52. The number of alkyl halides is 3. The summed E-state index contributed by atoms with van der Waals surface area (Å²) in [5, 5.41) is 2.72. The summed E-state index contributed by atoms with van der Waals surface area (Å²) in [5.41, 5.74) is -0.463. The normalized spacial score (nSPS) is 16.5. The highest BCUT2D eigenvalue weighted by molar-refractivity contribution is 6.05. The van der Waals surface area contributed by atoms with Gasteiger partial charge in [0.1, 0.15) is 23.4 Å². The minimum Gasteiger partial charge on any atom is -0.357 e. The minimum atomic E-state index is -4.69. The molecule has 0 saturated carbocycles. The molecule has 1 unspecified atom stereocenters. The summed E-state index contributed by atoms with van der Waals surface area (Å²) in [6.45, 7) is 0.203. The topological polar surface area (TPSA) is 71.0 Å². The lowest BCUT2D eigenvalue weighted by molar-refractivity contribution is -0.141. The first-order chi connectivity index (χ1) is 13.8. The summed E-state index contributed by atoms with van der Waals surface area (Å²) in [4.78, 5) is 25.4. The van der Waals surface area contributed by atoms with E-state index in [0.29, 0.717) is 5.69 Å². The van der Waals surface area contributed by atoms with Crippen molar-refractivity contribution < 1.29 is 22.4 Å². The Morgan fingerprint density at radius 3 is 2.45 bits per heavy atom. The van der Waals surface area contributed by atoms with E-state index in [-0.39, 0.29) is 29.8 Å². The van der Waals surface area contributed by atoms with Crippen molar-refractivity contribution >= 4 is 17.4 Å². The van der Waals surface area contributed by atoms with Gasteiger partial charge < -0.3 is 10.2 Å². The lowest BCUT2D eigenvalue weighted by atomic mass is 10.1. The van der Waals surface area contributed by atoms with Gasteiger partial charge in [0.25, 0.3) is 5.91 Å². The van der Waals surface area contributed by atoms with Crippen molar-refractivity contribution in [3.63, 3.8) is 0 Å². The summed E-state index contributed by atoms with van der Waals surface area (Å²) in [6.07, 6.45) is -3.27. The standard InChI is InChI=1S/C19H13F4N5O/c20-11-4-6-12(7-5-11)28-10-14(18(28)29)25-16-9-15(19(21,22)23)26-17(27-16)13-3-1-2-8-24-13/h1-9,14H,10H2,(H,25,26,27). The third kappa shape index (κ3) is 3.86. The number of halogens is 4. The Hall–Kier alpha value is -3.56. The molecular weight excluding hydrogens is 390 g/mol. The molecule has 0 spiro atoms. The zero-order valence-electron chi connectivity index (χ0n) is 14.7. The van der Waals surface area contributed by atoms with Crippen LogP contribution < -0.4 is 10.2 Å². The second kappa shape index (κ2) is 7.12. The highest BCUT2D eigenvalue weighted by Crippen LogP contribution is 2.31. The number of pyridine rings is 1. The molecule has 6 nitrogen and oxygen atoms in total. The fraction of sp³-hybridized carbons (Fsp3) is 0.158.